The molecule has 10 nitrogen and oxygen atoms in total. The van der Waals surface area contributed by atoms with Crippen LogP contribution < -0.4 is 14.8 Å². The highest BCUT2D eigenvalue weighted by Crippen LogP contribution is 2.35. The van der Waals surface area contributed by atoms with E-state index in [0.717, 1.165) is 27.6 Å². The Labute approximate surface area is 222 Å². The van der Waals surface area contributed by atoms with Crippen molar-refractivity contribution >= 4 is 57.5 Å². The Balaban J connectivity index is 1.33. The number of fused-ring (bicyclic) bond motifs is 2. The van der Waals surface area contributed by atoms with Gasteiger partial charge in [0, 0.05) is 34.4 Å². The van der Waals surface area contributed by atoms with Gasteiger partial charge in [0.05, 0.1) is 11.0 Å². The lowest BCUT2D eigenvalue weighted by atomic mass is 10.1. The first-order valence-electron chi connectivity index (χ1n) is 12.0. The van der Waals surface area contributed by atoms with E-state index in [1.54, 1.807) is 42.0 Å². The third-order valence-corrected chi connectivity index (χ3v) is 7.05. The number of esters is 1. The number of nitrogens with one attached hydrogen (secondary N) is 1. The summed E-state index contributed by atoms with van der Waals surface area (Å²) < 4.78 is 17.6. The Bertz CT molecular complexity index is 1480. The van der Waals surface area contributed by atoms with Crippen molar-refractivity contribution in [2.24, 2.45) is 0 Å². The van der Waals surface area contributed by atoms with Crippen molar-refractivity contribution in [2.45, 2.75) is 32.9 Å². The number of benzene rings is 2. The van der Waals surface area contributed by atoms with Crippen molar-refractivity contribution in [1.29, 1.82) is 0 Å². The van der Waals surface area contributed by atoms with Gasteiger partial charge in [0.25, 0.3) is 11.1 Å². The number of aromatic nitrogens is 1. The third-order valence-electron chi connectivity index (χ3n) is 6.14. The summed E-state index contributed by atoms with van der Waals surface area (Å²) in [6.07, 6.45) is 3.70. The van der Waals surface area contributed by atoms with E-state index in [2.05, 4.69) is 5.32 Å². The van der Waals surface area contributed by atoms with Crippen LogP contribution in [0.1, 0.15) is 25.8 Å². The Morgan fingerprint density at radius 3 is 2.74 bits per heavy atom. The van der Waals surface area contributed by atoms with E-state index < -0.39 is 23.7 Å². The largest absolute Gasteiger partial charge is 0.461 e. The van der Waals surface area contributed by atoms with E-state index in [9.17, 15) is 19.2 Å². The molecule has 1 saturated heterocycles. The van der Waals surface area contributed by atoms with E-state index in [1.807, 2.05) is 31.2 Å². The molecule has 0 aliphatic carbocycles. The summed E-state index contributed by atoms with van der Waals surface area (Å²) in [5, 5.41) is 3.14. The minimum absolute atomic E-state index is 0.0196. The third kappa shape index (κ3) is 5.23. The van der Waals surface area contributed by atoms with Crippen LogP contribution in [-0.4, -0.2) is 51.9 Å². The van der Waals surface area contributed by atoms with Crippen LogP contribution in [0.5, 0.6) is 11.5 Å². The van der Waals surface area contributed by atoms with Gasteiger partial charge >= 0.3 is 5.97 Å². The lowest BCUT2D eigenvalue weighted by molar-refractivity contribution is -0.150. The Hall–Kier alpha value is -4.25. The van der Waals surface area contributed by atoms with Crippen LogP contribution in [0.15, 0.2) is 53.6 Å². The molecule has 0 unspecified atom stereocenters. The first kappa shape index (κ1) is 25.4. The van der Waals surface area contributed by atoms with Gasteiger partial charge in [-0.1, -0.05) is 25.1 Å². The summed E-state index contributed by atoms with van der Waals surface area (Å²) in [7, 11) is 0. The van der Waals surface area contributed by atoms with Gasteiger partial charge in [0.15, 0.2) is 11.5 Å². The number of rotatable bonds is 8. The SMILES string of the molecule is CC[C@H](C)OC(=O)CN1C(=O)S/C(=C\c2cn(CC(=O)Nc3ccc4c(c3)OCO4)c3ccccc23)C1=O. The molecule has 1 N–H and O–H groups in total. The van der Waals surface area contributed by atoms with Crippen LogP contribution in [0, 0.1) is 0 Å². The molecule has 0 saturated carbocycles. The fourth-order valence-electron chi connectivity index (χ4n) is 4.10. The van der Waals surface area contributed by atoms with Gasteiger partial charge in [-0.05, 0) is 49.4 Å². The van der Waals surface area contributed by atoms with Crippen LogP contribution in [0.3, 0.4) is 0 Å². The van der Waals surface area contributed by atoms with Crippen molar-refractivity contribution in [3.63, 3.8) is 0 Å². The molecule has 196 valence electrons. The Morgan fingerprint density at radius 2 is 1.92 bits per heavy atom. The molecule has 5 rings (SSSR count). The number of anilines is 1. The molecule has 2 aliphatic heterocycles. The van der Waals surface area contributed by atoms with Crippen LogP contribution >= 0.6 is 11.8 Å². The van der Waals surface area contributed by atoms with E-state index in [4.69, 9.17) is 14.2 Å². The molecule has 1 atom stereocenters. The van der Waals surface area contributed by atoms with Gasteiger partial charge in [0.2, 0.25) is 12.7 Å². The molecule has 0 radical (unpaired) electrons. The smallest absolute Gasteiger partial charge is 0.326 e. The Kier molecular flexibility index (Phi) is 7.10. The zero-order valence-corrected chi connectivity index (χ0v) is 21.6. The number of amides is 3. The monoisotopic (exact) mass is 535 g/mol. The van der Waals surface area contributed by atoms with Gasteiger partial charge in [0.1, 0.15) is 13.1 Å². The molecular weight excluding hydrogens is 510 g/mol. The van der Waals surface area contributed by atoms with Crippen molar-refractivity contribution in [1.82, 2.24) is 9.47 Å². The maximum Gasteiger partial charge on any atom is 0.326 e. The quantitative estimate of drug-likeness (QED) is 0.334. The molecule has 3 amide bonds. The summed E-state index contributed by atoms with van der Waals surface area (Å²) in [6, 6.07) is 12.6. The molecule has 11 heteroatoms. The number of para-hydroxylation sites is 1. The van der Waals surface area contributed by atoms with Gasteiger partial charge in [-0.3, -0.25) is 24.1 Å². The van der Waals surface area contributed by atoms with Gasteiger partial charge < -0.3 is 24.1 Å². The minimum atomic E-state index is -0.632. The average Bonchev–Trinajstić information content (AvgIpc) is 3.57. The molecule has 1 fully saturated rings. The number of hydrogen-bond acceptors (Lipinski definition) is 8. The molecule has 0 spiro atoms. The van der Waals surface area contributed by atoms with Gasteiger partial charge in [-0.25, -0.2) is 0 Å². The zero-order chi connectivity index (χ0) is 26.8. The van der Waals surface area contributed by atoms with Crippen molar-refractivity contribution in [3.8, 4) is 11.5 Å². The number of ether oxygens (including phenoxy) is 3. The van der Waals surface area contributed by atoms with E-state index >= 15 is 0 Å². The number of imide groups is 1. The normalized spacial score (nSPS) is 16.4. The number of carbonyl (C=O) groups is 4. The predicted molar refractivity (Wildman–Crippen MR) is 142 cm³/mol. The van der Waals surface area contributed by atoms with Crippen LogP contribution in [0.4, 0.5) is 10.5 Å². The highest BCUT2D eigenvalue weighted by atomic mass is 32.2. The van der Waals surface area contributed by atoms with Crippen molar-refractivity contribution < 1.29 is 33.4 Å². The number of carbonyl (C=O) groups excluding carboxylic acids is 4. The molecule has 2 aromatic carbocycles. The first-order valence-corrected chi connectivity index (χ1v) is 12.9. The van der Waals surface area contributed by atoms with E-state index in [0.29, 0.717) is 29.2 Å². The molecule has 2 aliphatic rings. The van der Waals surface area contributed by atoms with Crippen molar-refractivity contribution in [3.05, 3.63) is 59.1 Å². The number of thioether (sulfide) groups is 1. The van der Waals surface area contributed by atoms with Crippen LogP contribution in [0.25, 0.3) is 17.0 Å². The molecule has 1 aromatic heterocycles. The Morgan fingerprint density at radius 1 is 1.13 bits per heavy atom. The highest BCUT2D eigenvalue weighted by molar-refractivity contribution is 8.18. The van der Waals surface area contributed by atoms with Crippen LogP contribution in [0.2, 0.25) is 0 Å². The average molecular weight is 536 g/mol. The summed E-state index contributed by atoms with van der Waals surface area (Å²) in [5.74, 6) is -0.248. The summed E-state index contributed by atoms with van der Waals surface area (Å²) in [6.45, 7) is 3.35. The van der Waals surface area contributed by atoms with E-state index in [-0.39, 0.29) is 30.3 Å². The lowest BCUT2D eigenvalue weighted by Gasteiger charge is -2.14. The van der Waals surface area contributed by atoms with E-state index in [1.165, 1.54) is 0 Å². The standard InChI is InChI=1S/C27H25N3O7S/c1-3-16(2)37-25(32)14-30-26(33)23(38-27(30)34)10-17-12-29(20-7-5-4-6-19(17)20)13-24(31)28-18-8-9-21-22(11-18)36-15-35-21/h4-12,16H,3,13-15H2,1-2H3,(H,28,31)/b23-10-/t16-/m0/s1. The fraction of sp³-hybridized carbons (Fsp3) is 0.259. The lowest BCUT2D eigenvalue weighted by Crippen LogP contribution is -2.35. The molecular formula is C27H25N3O7S. The second-order valence-corrected chi connectivity index (χ2v) is 9.82. The summed E-state index contributed by atoms with van der Waals surface area (Å²) in [5.41, 5.74) is 2.04. The number of nitrogens with zero attached hydrogens (tertiary/aromatic N) is 2. The predicted octanol–water partition coefficient (Wildman–Crippen LogP) is 4.39. The fourth-order valence-corrected chi connectivity index (χ4v) is 4.93. The summed E-state index contributed by atoms with van der Waals surface area (Å²) in [4.78, 5) is 51.5. The first-order chi connectivity index (χ1) is 18.3. The summed E-state index contributed by atoms with van der Waals surface area (Å²) >= 11 is 0.767. The van der Waals surface area contributed by atoms with Crippen molar-refractivity contribution in [2.75, 3.05) is 18.7 Å². The maximum atomic E-state index is 12.9. The number of hydrogen-bond donors (Lipinski definition) is 1. The molecule has 3 aromatic rings. The zero-order valence-electron chi connectivity index (χ0n) is 20.8. The van der Waals surface area contributed by atoms with Gasteiger partial charge in [-0.2, -0.15) is 0 Å². The topological polar surface area (TPSA) is 116 Å². The second-order valence-electron chi connectivity index (χ2n) is 8.82. The second kappa shape index (κ2) is 10.6. The molecule has 3 heterocycles. The van der Waals surface area contributed by atoms with Gasteiger partial charge in [-0.15, -0.1) is 0 Å². The molecule has 0 bridgehead atoms. The van der Waals surface area contributed by atoms with Crippen LogP contribution in [-0.2, 0) is 25.7 Å². The highest BCUT2D eigenvalue weighted by Gasteiger charge is 2.37. The maximum absolute atomic E-state index is 12.9. The minimum Gasteiger partial charge on any atom is -0.461 e. The molecule has 38 heavy (non-hydrogen) atoms.